The lowest BCUT2D eigenvalue weighted by atomic mass is 10.2. The van der Waals surface area contributed by atoms with Crippen LogP contribution in [0.4, 0.5) is 4.79 Å². The first-order valence-electron chi connectivity index (χ1n) is 6.41. The van der Waals surface area contributed by atoms with E-state index >= 15 is 0 Å². The average molecular weight is 257 g/mol. The normalized spacial score (nSPS) is 18.5. The van der Waals surface area contributed by atoms with E-state index in [9.17, 15) is 9.59 Å². The van der Waals surface area contributed by atoms with E-state index in [4.69, 9.17) is 5.11 Å². The van der Waals surface area contributed by atoms with Gasteiger partial charge in [0.1, 0.15) is 6.54 Å². The van der Waals surface area contributed by atoms with Crippen molar-refractivity contribution in [1.29, 1.82) is 0 Å². The summed E-state index contributed by atoms with van der Waals surface area (Å²) in [6, 6.07) is 0.347. The smallest absolute Gasteiger partial charge is 0.323 e. The van der Waals surface area contributed by atoms with Crippen LogP contribution in [0.5, 0.6) is 0 Å². The maximum Gasteiger partial charge on any atom is 0.323 e. The number of rotatable bonds is 4. The first-order valence-corrected chi connectivity index (χ1v) is 6.41. The van der Waals surface area contributed by atoms with Crippen molar-refractivity contribution in [2.24, 2.45) is 0 Å². The Labute approximate surface area is 108 Å². The molecule has 0 bridgehead atoms. The van der Waals surface area contributed by atoms with E-state index in [1.807, 2.05) is 0 Å². The second-order valence-electron chi connectivity index (χ2n) is 4.81. The zero-order chi connectivity index (χ0) is 13.7. The average Bonchev–Trinajstić information content (AvgIpc) is 2.36. The van der Waals surface area contributed by atoms with E-state index in [2.05, 4.69) is 18.7 Å². The lowest BCUT2D eigenvalue weighted by molar-refractivity contribution is -0.137. The molecule has 18 heavy (non-hydrogen) atoms. The zero-order valence-electron chi connectivity index (χ0n) is 11.4. The molecule has 1 rings (SSSR count). The monoisotopic (exact) mass is 257 g/mol. The molecule has 1 atom stereocenters. The van der Waals surface area contributed by atoms with Crippen LogP contribution in [0.1, 0.15) is 20.3 Å². The van der Waals surface area contributed by atoms with Gasteiger partial charge in [0.2, 0.25) is 0 Å². The Kier molecular flexibility index (Phi) is 5.40. The van der Waals surface area contributed by atoms with Crippen LogP contribution >= 0.6 is 0 Å². The minimum absolute atomic E-state index is 0.193. The van der Waals surface area contributed by atoms with Crippen molar-refractivity contribution in [2.75, 3.05) is 39.8 Å². The summed E-state index contributed by atoms with van der Waals surface area (Å²) in [4.78, 5) is 27.8. The van der Waals surface area contributed by atoms with Gasteiger partial charge in [0.15, 0.2) is 0 Å². The summed E-state index contributed by atoms with van der Waals surface area (Å²) >= 11 is 0. The molecule has 6 nitrogen and oxygen atoms in total. The molecule has 1 fully saturated rings. The number of hydrogen-bond donors (Lipinski definition) is 1. The largest absolute Gasteiger partial charge is 0.480 e. The predicted octanol–water partition coefficient (Wildman–Crippen LogP) is 0.539. The Bertz CT molecular complexity index is 301. The molecule has 0 radical (unpaired) electrons. The molecule has 0 aliphatic carbocycles. The van der Waals surface area contributed by atoms with Crippen molar-refractivity contribution in [2.45, 2.75) is 26.3 Å². The van der Waals surface area contributed by atoms with E-state index in [-0.39, 0.29) is 12.6 Å². The minimum atomic E-state index is -0.982. The van der Waals surface area contributed by atoms with Crippen LogP contribution in [0.25, 0.3) is 0 Å². The van der Waals surface area contributed by atoms with Crippen molar-refractivity contribution >= 4 is 12.0 Å². The number of amides is 2. The molecule has 0 saturated carbocycles. The van der Waals surface area contributed by atoms with E-state index in [0.717, 1.165) is 19.5 Å². The molecule has 0 aromatic heterocycles. The number of carbonyl (C=O) groups is 2. The summed E-state index contributed by atoms with van der Waals surface area (Å²) in [6.07, 6.45) is 1.10. The number of aliphatic carboxylic acids is 1. The van der Waals surface area contributed by atoms with Gasteiger partial charge in [-0.15, -0.1) is 0 Å². The fourth-order valence-corrected chi connectivity index (χ4v) is 2.12. The Morgan fingerprint density at radius 1 is 1.28 bits per heavy atom. The number of carboxylic acid groups (broad SMARTS) is 1. The van der Waals surface area contributed by atoms with Crippen molar-refractivity contribution in [3.8, 4) is 0 Å². The molecule has 2 amide bonds. The van der Waals surface area contributed by atoms with Gasteiger partial charge < -0.3 is 14.9 Å². The van der Waals surface area contributed by atoms with Crippen LogP contribution in [-0.2, 0) is 4.79 Å². The fourth-order valence-electron chi connectivity index (χ4n) is 2.12. The zero-order valence-corrected chi connectivity index (χ0v) is 11.4. The summed E-state index contributed by atoms with van der Waals surface area (Å²) in [6.45, 7) is 7.17. The van der Waals surface area contributed by atoms with Crippen molar-refractivity contribution < 1.29 is 14.7 Å². The SMILES string of the molecule is CCC(C)N1CCN(C(=O)N(C)CC(=O)O)CC1. The van der Waals surface area contributed by atoms with Gasteiger partial charge in [-0.3, -0.25) is 9.69 Å². The highest BCUT2D eigenvalue weighted by Gasteiger charge is 2.25. The molecular weight excluding hydrogens is 234 g/mol. The highest BCUT2D eigenvalue weighted by Crippen LogP contribution is 2.10. The molecule has 1 unspecified atom stereocenters. The molecule has 1 N–H and O–H groups in total. The maximum absolute atomic E-state index is 11.9. The van der Waals surface area contributed by atoms with Gasteiger partial charge >= 0.3 is 12.0 Å². The van der Waals surface area contributed by atoms with Gasteiger partial charge in [-0.25, -0.2) is 4.79 Å². The summed E-state index contributed by atoms with van der Waals surface area (Å²) in [5, 5.41) is 8.66. The predicted molar refractivity (Wildman–Crippen MR) is 68.6 cm³/mol. The minimum Gasteiger partial charge on any atom is -0.480 e. The van der Waals surface area contributed by atoms with Crippen LogP contribution < -0.4 is 0 Å². The number of piperazine rings is 1. The molecule has 1 heterocycles. The highest BCUT2D eigenvalue weighted by atomic mass is 16.4. The van der Waals surface area contributed by atoms with Crippen LogP contribution in [0.2, 0.25) is 0 Å². The molecule has 0 spiro atoms. The molecule has 0 aromatic rings. The molecule has 1 aliphatic heterocycles. The topological polar surface area (TPSA) is 64.1 Å². The lowest BCUT2D eigenvalue weighted by Gasteiger charge is -2.38. The number of carboxylic acids is 1. The van der Waals surface area contributed by atoms with E-state index in [1.165, 1.54) is 11.9 Å². The van der Waals surface area contributed by atoms with Crippen LogP contribution in [0.15, 0.2) is 0 Å². The molecule has 0 aromatic carbocycles. The molecule has 1 saturated heterocycles. The Hall–Kier alpha value is -1.30. The molecule has 6 heteroatoms. The van der Waals surface area contributed by atoms with Crippen molar-refractivity contribution in [3.05, 3.63) is 0 Å². The molecular formula is C12H23N3O3. The maximum atomic E-state index is 11.9. The Morgan fingerprint density at radius 3 is 2.28 bits per heavy atom. The molecule has 1 aliphatic rings. The number of urea groups is 1. The second-order valence-corrected chi connectivity index (χ2v) is 4.81. The van der Waals surface area contributed by atoms with Crippen LogP contribution in [0, 0.1) is 0 Å². The number of likely N-dealkylation sites (N-methyl/N-ethyl adjacent to an activating group) is 1. The first kappa shape index (κ1) is 14.8. The van der Waals surface area contributed by atoms with Gasteiger partial charge in [0.25, 0.3) is 0 Å². The van der Waals surface area contributed by atoms with Gasteiger partial charge in [-0.1, -0.05) is 6.92 Å². The van der Waals surface area contributed by atoms with Gasteiger partial charge in [-0.05, 0) is 13.3 Å². The van der Waals surface area contributed by atoms with Crippen LogP contribution in [0.3, 0.4) is 0 Å². The third kappa shape index (κ3) is 3.87. The third-order valence-corrected chi connectivity index (χ3v) is 3.50. The number of hydrogen-bond acceptors (Lipinski definition) is 3. The number of carbonyl (C=O) groups excluding carboxylic acids is 1. The van der Waals surface area contributed by atoms with Gasteiger partial charge in [0, 0.05) is 39.3 Å². The quantitative estimate of drug-likeness (QED) is 0.798. The van der Waals surface area contributed by atoms with Gasteiger partial charge in [-0.2, -0.15) is 0 Å². The van der Waals surface area contributed by atoms with Crippen molar-refractivity contribution in [3.63, 3.8) is 0 Å². The standard InChI is InChI=1S/C12H23N3O3/c1-4-10(2)14-5-7-15(8-6-14)12(18)13(3)9-11(16)17/h10H,4-9H2,1-3H3,(H,16,17). The van der Waals surface area contributed by atoms with Crippen LogP contribution in [-0.4, -0.2) is 77.6 Å². The van der Waals surface area contributed by atoms with E-state index in [0.29, 0.717) is 19.1 Å². The Balaban J connectivity index is 2.42. The summed E-state index contributed by atoms with van der Waals surface area (Å²) in [5.41, 5.74) is 0. The highest BCUT2D eigenvalue weighted by molar-refractivity contribution is 5.80. The van der Waals surface area contributed by atoms with E-state index in [1.54, 1.807) is 4.90 Å². The summed E-state index contributed by atoms with van der Waals surface area (Å²) in [5.74, 6) is -0.982. The third-order valence-electron chi connectivity index (χ3n) is 3.50. The number of nitrogens with zero attached hydrogens (tertiary/aromatic N) is 3. The van der Waals surface area contributed by atoms with Gasteiger partial charge in [0.05, 0.1) is 0 Å². The fraction of sp³-hybridized carbons (Fsp3) is 0.833. The summed E-state index contributed by atoms with van der Waals surface area (Å²) in [7, 11) is 1.53. The van der Waals surface area contributed by atoms with Crippen molar-refractivity contribution in [1.82, 2.24) is 14.7 Å². The molecule has 104 valence electrons. The lowest BCUT2D eigenvalue weighted by Crippen LogP contribution is -2.54. The summed E-state index contributed by atoms with van der Waals surface area (Å²) < 4.78 is 0. The first-order chi connectivity index (χ1) is 8.45. The second kappa shape index (κ2) is 6.58. The Morgan fingerprint density at radius 2 is 1.83 bits per heavy atom. The van der Waals surface area contributed by atoms with E-state index < -0.39 is 5.97 Å².